The first kappa shape index (κ1) is 15.5. The number of ether oxygens (including phenoxy) is 1. The molecule has 0 saturated heterocycles. The molecule has 0 atom stereocenters. The van der Waals surface area contributed by atoms with E-state index in [4.69, 9.17) is 4.74 Å². The normalized spacial score (nSPS) is 10.4. The van der Waals surface area contributed by atoms with Crippen LogP contribution in [0.2, 0.25) is 0 Å². The Morgan fingerprint density at radius 2 is 1.71 bits per heavy atom. The summed E-state index contributed by atoms with van der Waals surface area (Å²) in [5.41, 5.74) is 7.13. The van der Waals surface area contributed by atoms with E-state index in [1.807, 2.05) is 6.92 Å². The second-order valence-electron chi connectivity index (χ2n) is 5.00. The van der Waals surface area contributed by atoms with E-state index in [0.717, 1.165) is 11.0 Å². The molecule has 0 bridgehead atoms. The van der Waals surface area contributed by atoms with E-state index >= 15 is 0 Å². The quantitative estimate of drug-likeness (QED) is 0.640. The van der Waals surface area contributed by atoms with Crippen LogP contribution in [0.25, 0.3) is 11.0 Å². The van der Waals surface area contributed by atoms with Gasteiger partial charge in [0.1, 0.15) is 5.75 Å². The highest BCUT2D eigenvalue weighted by molar-refractivity contribution is 6.00. The van der Waals surface area contributed by atoms with E-state index in [-0.39, 0.29) is 0 Å². The summed E-state index contributed by atoms with van der Waals surface area (Å²) in [7, 11) is 0. The summed E-state index contributed by atoms with van der Waals surface area (Å²) < 4.78 is 5.32. The molecule has 7 nitrogen and oxygen atoms in total. The molecule has 3 N–H and O–H groups in total. The molecule has 0 spiro atoms. The highest BCUT2D eigenvalue weighted by Gasteiger charge is 2.10. The number of benzene rings is 2. The molecule has 3 aromatic rings. The minimum atomic E-state index is -0.411. The van der Waals surface area contributed by atoms with E-state index < -0.39 is 11.8 Å². The fourth-order valence-electron chi connectivity index (χ4n) is 2.20. The number of hydrogen-bond acceptors (Lipinski definition) is 4. The molecule has 0 unspecified atom stereocenters. The highest BCUT2D eigenvalue weighted by Crippen LogP contribution is 2.12. The lowest BCUT2D eigenvalue weighted by atomic mass is 10.2. The third-order valence-corrected chi connectivity index (χ3v) is 3.40. The Hall–Kier alpha value is -3.35. The highest BCUT2D eigenvalue weighted by atomic mass is 16.5. The van der Waals surface area contributed by atoms with Crippen molar-refractivity contribution in [2.45, 2.75) is 6.92 Å². The Morgan fingerprint density at radius 1 is 1.04 bits per heavy atom. The molecule has 0 aliphatic rings. The summed E-state index contributed by atoms with van der Waals surface area (Å²) in [6.45, 7) is 2.44. The topological polar surface area (TPSA) is 96.1 Å². The molecule has 0 saturated carbocycles. The van der Waals surface area contributed by atoms with E-state index in [2.05, 4.69) is 20.8 Å². The smallest absolute Gasteiger partial charge is 0.269 e. The molecule has 2 amide bonds. The number of nitrogens with zero attached hydrogens (tertiary/aromatic N) is 1. The van der Waals surface area contributed by atoms with Crippen LogP contribution in [0.4, 0.5) is 0 Å². The molecule has 122 valence electrons. The van der Waals surface area contributed by atoms with Crippen molar-refractivity contribution in [3.8, 4) is 5.75 Å². The van der Waals surface area contributed by atoms with Gasteiger partial charge in [0.15, 0.2) is 0 Å². The van der Waals surface area contributed by atoms with Crippen LogP contribution in [-0.2, 0) is 0 Å². The minimum Gasteiger partial charge on any atom is -0.494 e. The van der Waals surface area contributed by atoms with Gasteiger partial charge in [0.25, 0.3) is 11.8 Å². The van der Waals surface area contributed by atoms with Gasteiger partial charge >= 0.3 is 0 Å². The van der Waals surface area contributed by atoms with Crippen LogP contribution in [0, 0.1) is 0 Å². The van der Waals surface area contributed by atoms with Crippen molar-refractivity contribution in [2.24, 2.45) is 0 Å². The van der Waals surface area contributed by atoms with Gasteiger partial charge in [-0.05, 0) is 49.4 Å². The Labute approximate surface area is 138 Å². The van der Waals surface area contributed by atoms with Gasteiger partial charge < -0.3 is 9.72 Å². The molecule has 7 heteroatoms. The molecule has 3 rings (SSSR count). The average molecular weight is 324 g/mol. The molecular formula is C17H16N4O3. The molecular weight excluding hydrogens is 308 g/mol. The number of rotatable bonds is 4. The lowest BCUT2D eigenvalue weighted by Crippen LogP contribution is -2.41. The fraction of sp³-hybridized carbons (Fsp3) is 0.118. The molecule has 0 aliphatic carbocycles. The zero-order chi connectivity index (χ0) is 16.9. The summed E-state index contributed by atoms with van der Waals surface area (Å²) in [4.78, 5) is 31.2. The number of imidazole rings is 1. The van der Waals surface area contributed by atoms with Gasteiger partial charge in [-0.1, -0.05) is 0 Å². The van der Waals surface area contributed by atoms with Crippen molar-refractivity contribution in [1.82, 2.24) is 20.8 Å². The number of H-pyrrole nitrogens is 1. The fourth-order valence-corrected chi connectivity index (χ4v) is 2.20. The Kier molecular flexibility index (Phi) is 4.42. The maximum atomic E-state index is 12.1. The molecule has 1 heterocycles. The average Bonchev–Trinajstić information content (AvgIpc) is 3.08. The summed E-state index contributed by atoms with van der Waals surface area (Å²) in [6, 6.07) is 11.7. The van der Waals surface area contributed by atoms with Gasteiger partial charge in [-0.15, -0.1) is 0 Å². The van der Waals surface area contributed by atoms with Gasteiger partial charge in [-0.25, -0.2) is 4.98 Å². The first-order valence-corrected chi connectivity index (χ1v) is 7.44. The lowest BCUT2D eigenvalue weighted by Gasteiger charge is -2.08. The number of carbonyl (C=O) groups is 2. The zero-order valence-electron chi connectivity index (χ0n) is 13.0. The number of fused-ring (bicyclic) bond motifs is 1. The molecule has 0 fully saturated rings. The monoisotopic (exact) mass is 324 g/mol. The summed E-state index contributed by atoms with van der Waals surface area (Å²) in [5.74, 6) is -0.134. The Balaban J connectivity index is 1.61. The predicted molar refractivity (Wildman–Crippen MR) is 88.6 cm³/mol. The Morgan fingerprint density at radius 3 is 2.42 bits per heavy atom. The van der Waals surface area contributed by atoms with Crippen molar-refractivity contribution in [1.29, 1.82) is 0 Å². The van der Waals surface area contributed by atoms with Crippen LogP contribution in [0.15, 0.2) is 48.8 Å². The van der Waals surface area contributed by atoms with Gasteiger partial charge in [-0.3, -0.25) is 20.4 Å². The van der Waals surface area contributed by atoms with Gasteiger partial charge in [0.2, 0.25) is 0 Å². The van der Waals surface area contributed by atoms with E-state index in [1.165, 1.54) is 0 Å². The zero-order valence-corrected chi connectivity index (χ0v) is 13.0. The molecule has 2 aromatic carbocycles. The Bertz CT molecular complexity index is 871. The third-order valence-electron chi connectivity index (χ3n) is 3.40. The number of amides is 2. The maximum Gasteiger partial charge on any atom is 0.269 e. The number of aromatic nitrogens is 2. The SMILES string of the molecule is CCOc1ccc(C(=O)NNC(=O)c2ccc3nc[nH]c3c2)cc1. The predicted octanol–water partition coefficient (Wildman–Crippen LogP) is 2.04. The van der Waals surface area contributed by atoms with Crippen molar-refractivity contribution in [3.05, 3.63) is 59.9 Å². The first-order valence-electron chi connectivity index (χ1n) is 7.44. The largest absolute Gasteiger partial charge is 0.494 e. The second kappa shape index (κ2) is 6.82. The minimum absolute atomic E-state index is 0.408. The van der Waals surface area contributed by atoms with E-state index in [1.54, 1.807) is 48.8 Å². The van der Waals surface area contributed by atoms with Crippen molar-refractivity contribution in [3.63, 3.8) is 0 Å². The van der Waals surface area contributed by atoms with Crippen LogP contribution in [0.5, 0.6) is 5.75 Å². The summed E-state index contributed by atoms with van der Waals surface area (Å²) >= 11 is 0. The van der Waals surface area contributed by atoms with Crippen LogP contribution in [-0.4, -0.2) is 28.4 Å². The van der Waals surface area contributed by atoms with Crippen LogP contribution in [0.1, 0.15) is 27.6 Å². The standard InChI is InChI=1S/C17H16N4O3/c1-2-24-13-6-3-11(4-7-13)16(22)20-21-17(23)12-5-8-14-15(9-12)19-10-18-14/h3-10H,2H2,1H3,(H,18,19)(H,20,22)(H,21,23). The number of aromatic amines is 1. The van der Waals surface area contributed by atoms with Crippen LogP contribution >= 0.6 is 0 Å². The molecule has 1 aromatic heterocycles. The van der Waals surface area contributed by atoms with Crippen molar-refractivity contribution >= 4 is 22.8 Å². The summed E-state index contributed by atoms with van der Waals surface area (Å²) in [5, 5.41) is 0. The maximum absolute atomic E-state index is 12.1. The number of nitrogens with one attached hydrogen (secondary N) is 3. The molecule has 24 heavy (non-hydrogen) atoms. The van der Waals surface area contributed by atoms with E-state index in [9.17, 15) is 9.59 Å². The van der Waals surface area contributed by atoms with Crippen LogP contribution in [0.3, 0.4) is 0 Å². The molecule has 0 radical (unpaired) electrons. The van der Waals surface area contributed by atoms with E-state index in [0.29, 0.717) is 23.5 Å². The second-order valence-corrected chi connectivity index (χ2v) is 5.00. The van der Waals surface area contributed by atoms with Crippen molar-refractivity contribution in [2.75, 3.05) is 6.61 Å². The van der Waals surface area contributed by atoms with Gasteiger partial charge in [-0.2, -0.15) is 0 Å². The third kappa shape index (κ3) is 3.35. The molecule has 0 aliphatic heterocycles. The summed E-state index contributed by atoms with van der Waals surface area (Å²) in [6.07, 6.45) is 1.56. The van der Waals surface area contributed by atoms with Crippen LogP contribution < -0.4 is 15.6 Å². The van der Waals surface area contributed by atoms with Gasteiger partial charge in [0.05, 0.1) is 24.0 Å². The number of hydrogen-bond donors (Lipinski definition) is 3. The number of carbonyl (C=O) groups excluding carboxylic acids is 2. The lowest BCUT2D eigenvalue weighted by molar-refractivity contribution is 0.0846. The first-order chi connectivity index (χ1) is 11.7. The number of hydrazine groups is 1. The van der Waals surface area contributed by atoms with Gasteiger partial charge in [0, 0.05) is 11.1 Å². The van der Waals surface area contributed by atoms with Crippen molar-refractivity contribution < 1.29 is 14.3 Å².